The first-order valence-electron chi connectivity index (χ1n) is 9.55. The van der Waals surface area contributed by atoms with Gasteiger partial charge < -0.3 is 10.2 Å². The molecule has 1 unspecified atom stereocenters. The fraction of sp³-hybridized carbons (Fsp3) is 0.208. The number of amides is 1. The minimum Gasteiger partial charge on any atom is -0.337 e. The van der Waals surface area contributed by atoms with Gasteiger partial charge in [0.1, 0.15) is 0 Å². The molecule has 1 fully saturated rings. The average molecular weight is 393 g/mol. The highest BCUT2D eigenvalue weighted by Gasteiger charge is 2.23. The Kier molecular flexibility index (Phi) is 6.85. The third-order valence-corrected chi connectivity index (χ3v) is 5.19. The van der Waals surface area contributed by atoms with Crippen LogP contribution >= 0.6 is 12.4 Å². The van der Waals surface area contributed by atoms with Gasteiger partial charge in [-0.25, -0.2) is 0 Å². The molecule has 1 amide bonds. The van der Waals surface area contributed by atoms with E-state index in [9.17, 15) is 4.79 Å². The number of carbonyl (C=O) groups is 1. The molecule has 4 rings (SSSR count). The van der Waals surface area contributed by atoms with Crippen LogP contribution in [0.3, 0.4) is 0 Å². The number of carbonyl (C=O) groups excluding carboxylic acids is 1. The summed E-state index contributed by atoms with van der Waals surface area (Å²) in [6, 6.07) is 28.8. The Bertz CT molecular complexity index is 899. The van der Waals surface area contributed by atoms with Crippen molar-refractivity contribution in [2.24, 2.45) is 0 Å². The third kappa shape index (κ3) is 4.44. The fourth-order valence-corrected chi connectivity index (χ4v) is 3.75. The molecular formula is C24H25ClN2O. The second-order valence-corrected chi connectivity index (χ2v) is 6.91. The Morgan fingerprint density at radius 2 is 1.46 bits per heavy atom. The van der Waals surface area contributed by atoms with Crippen LogP contribution in [-0.4, -0.2) is 30.4 Å². The van der Waals surface area contributed by atoms with Crippen molar-refractivity contribution in [3.8, 4) is 11.1 Å². The Balaban J connectivity index is 0.00000225. The van der Waals surface area contributed by atoms with Crippen LogP contribution in [-0.2, 0) is 0 Å². The predicted molar refractivity (Wildman–Crippen MR) is 117 cm³/mol. The Morgan fingerprint density at radius 3 is 2.21 bits per heavy atom. The van der Waals surface area contributed by atoms with Crippen LogP contribution in [0.25, 0.3) is 11.1 Å². The summed E-state index contributed by atoms with van der Waals surface area (Å²) < 4.78 is 0. The molecule has 3 nitrogen and oxygen atoms in total. The molecule has 0 aromatic heterocycles. The number of rotatable bonds is 3. The molecule has 28 heavy (non-hydrogen) atoms. The summed E-state index contributed by atoms with van der Waals surface area (Å²) in [4.78, 5) is 15.3. The van der Waals surface area contributed by atoms with Crippen LogP contribution in [0, 0.1) is 0 Å². The second kappa shape index (κ2) is 9.54. The van der Waals surface area contributed by atoms with Gasteiger partial charge in [-0.2, -0.15) is 0 Å². The van der Waals surface area contributed by atoms with Gasteiger partial charge in [-0.1, -0.05) is 78.9 Å². The third-order valence-electron chi connectivity index (χ3n) is 5.19. The van der Waals surface area contributed by atoms with Gasteiger partial charge >= 0.3 is 0 Å². The van der Waals surface area contributed by atoms with Gasteiger partial charge in [-0.15, -0.1) is 12.4 Å². The van der Waals surface area contributed by atoms with Crippen LogP contribution < -0.4 is 5.32 Å². The van der Waals surface area contributed by atoms with Gasteiger partial charge in [0, 0.05) is 31.2 Å². The molecule has 0 saturated carbocycles. The van der Waals surface area contributed by atoms with Crippen molar-refractivity contribution in [3.05, 3.63) is 96.1 Å². The Labute approximate surface area is 172 Å². The minimum absolute atomic E-state index is 0. The summed E-state index contributed by atoms with van der Waals surface area (Å²) in [5.74, 6) is 0.116. The van der Waals surface area contributed by atoms with Crippen LogP contribution in [0.1, 0.15) is 28.4 Å². The summed E-state index contributed by atoms with van der Waals surface area (Å²) in [5, 5.41) is 3.59. The first kappa shape index (κ1) is 20.1. The lowest BCUT2D eigenvalue weighted by Crippen LogP contribution is -2.34. The van der Waals surface area contributed by atoms with E-state index >= 15 is 0 Å². The lowest BCUT2D eigenvalue weighted by molar-refractivity contribution is 0.0766. The van der Waals surface area contributed by atoms with E-state index in [2.05, 4.69) is 41.7 Å². The smallest absolute Gasteiger partial charge is 0.254 e. The largest absolute Gasteiger partial charge is 0.337 e. The lowest BCUT2D eigenvalue weighted by Gasteiger charge is -2.22. The molecule has 1 atom stereocenters. The molecule has 4 heteroatoms. The monoisotopic (exact) mass is 392 g/mol. The van der Waals surface area contributed by atoms with Crippen molar-refractivity contribution in [2.45, 2.75) is 12.5 Å². The van der Waals surface area contributed by atoms with Crippen molar-refractivity contribution in [3.63, 3.8) is 0 Å². The molecule has 1 aliphatic rings. The summed E-state index contributed by atoms with van der Waals surface area (Å²) in [6.45, 7) is 2.29. The van der Waals surface area contributed by atoms with Gasteiger partial charge in [0.2, 0.25) is 0 Å². The van der Waals surface area contributed by atoms with Crippen LogP contribution in [0.2, 0.25) is 0 Å². The van der Waals surface area contributed by atoms with Crippen molar-refractivity contribution >= 4 is 18.3 Å². The van der Waals surface area contributed by atoms with Gasteiger partial charge in [0.15, 0.2) is 0 Å². The molecule has 3 aromatic rings. The number of benzene rings is 3. The number of nitrogens with zero attached hydrogens (tertiary/aromatic N) is 1. The molecular weight excluding hydrogens is 368 g/mol. The average Bonchev–Trinajstić information content (AvgIpc) is 3.01. The zero-order chi connectivity index (χ0) is 18.5. The zero-order valence-corrected chi connectivity index (χ0v) is 16.6. The maximum Gasteiger partial charge on any atom is 0.254 e. The van der Waals surface area contributed by atoms with E-state index in [0.29, 0.717) is 6.04 Å². The molecule has 1 saturated heterocycles. The number of nitrogens with one attached hydrogen (secondary N) is 1. The Morgan fingerprint density at radius 1 is 0.821 bits per heavy atom. The quantitative estimate of drug-likeness (QED) is 0.683. The van der Waals surface area contributed by atoms with Crippen molar-refractivity contribution in [2.75, 3.05) is 19.6 Å². The molecule has 0 bridgehead atoms. The molecule has 0 radical (unpaired) electrons. The maximum absolute atomic E-state index is 13.3. The van der Waals surface area contributed by atoms with Crippen molar-refractivity contribution < 1.29 is 4.79 Å². The first-order valence-corrected chi connectivity index (χ1v) is 9.55. The van der Waals surface area contributed by atoms with E-state index in [4.69, 9.17) is 0 Å². The number of hydrogen-bond donors (Lipinski definition) is 1. The molecule has 3 aromatic carbocycles. The van der Waals surface area contributed by atoms with E-state index in [1.54, 1.807) is 0 Å². The Hall–Kier alpha value is -2.62. The van der Waals surface area contributed by atoms with Gasteiger partial charge in [0.25, 0.3) is 5.91 Å². The fourth-order valence-electron chi connectivity index (χ4n) is 3.75. The molecule has 1 N–H and O–H groups in total. The van der Waals surface area contributed by atoms with Crippen LogP contribution in [0.15, 0.2) is 84.9 Å². The van der Waals surface area contributed by atoms with Gasteiger partial charge in [-0.3, -0.25) is 4.79 Å². The SMILES string of the molecule is Cl.O=C(c1ccccc1-c1ccccc1)N1CCNC(c2ccccc2)CC1. The summed E-state index contributed by atoms with van der Waals surface area (Å²) in [6.07, 6.45) is 0.920. The summed E-state index contributed by atoms with van der Waals surface area (Å²) >= 11 is 0. The van der Waals surface area contributed by atoms with Gasteiger partial charge in [-0.05, 0) is 29.2 Å². The second-order valence-electron chi connectivity index (χ2n) is 6.91. The normalized spacial score (nSPS) is 16.7. The molecule has 0 aliphatic carbocycles. The predicted octanol–water partition coefficient (Wildman–Crippen LogP) is 4.95. The highest BCUT2D eigenvalue weighted by Crippen LogP contribution is 2.26. The van der Waals surface area contributed by atoms with Crippen LogP contribution in [0.4, 0.5) is 0 Å². The molecule has 1 aliphatic heterocycles. The van der Waals surface area contributed by atoms with E-state index < -0.39 is 0 Å². The molecule has 0 spiro atoms. The van der Waals surface area contributed by atoms with E-state index in [1.165, 1.54) is 5.56 Å². The standard InChI is InChI=1S/C24H24N2O.ClH/c27-24(22-14-8-7-13-21(22)19-9-3-1-4-10-19)26-17-15-23(25-16-18-26)20-11-5-2-6-12-20;/h1-14,23,25H,15-18H2;1H. The zero-order valence-electron chi connectivity index (χ0n) is 15.8. The highest BCUT2D eigenvalue weighted by atomic mass is 35.5. The highest BCUT2D eigenvalue weighted by molar-refractivity contribution is 6.00. The number of hydrogen-bond acceptors (Lipinski definition) is 2. The number of halogens is 1. The lowest BCUT2D eigenvalue weighted by atomic mass is 9.98. The van der Waals surface area contributed by atoms with Gasteiger partial charge in [0.05, 0.1) is 0 Å². The van der Waals surface area contributed by atoms with Crippen LogP contribution in [0.5, 0.6) is 0 Å². The van der Waals surface area contributed by atoms with Crippen molar-refractivity contribution in [1.29, 1.82) is 0 Å². The van der Waals surface area contributed by atoms with Crippen molar-refractivity contribution in [1.82, 2.24) is 10.2 Å². The molecule has 1 heterocycles. The van der Waals surface area contributed by atoms with E-state index in [0.717, 1.165) is 42.7 Å². The summed E-state index contributed by atoms with van der Waals surface area (Å²) in [5.41, 5.74) is 4.15. The maximum atomic E-state index is 13.3. The summed E-state index contributed by atoms with van der Waals surface area (Å²) in [7, 11) is 0. The van der Waals surface area contributed by atoms with E-state index in [1.807, 2.05) is 53.4 Å². The topological polar surface area (TPSA) is 32.3 Å². The molecule has 144 valence electrons. The van der Waals surface area contributed by atoms with E-state index in [-0.39, 0.29) is 18.3 Å². The first-order chi connectivity index (χ1) is 13.3. The minimum atomic E-state index is 0.